The smallest absolute Gasteiger partial charge is 0.416 e. The number of halogens is 3. The number of Topliss-reactive ketones (excluding diaryl/α,β-unsaturated/α-hetero) is 1. The predicted octanol–water partition coefficient (Wildman–Crippen LogP) is 2.51. The zero-order valence-corrected chi connectivity index (χ0v) is 15.2. The third kappa shape index (κ3) is 7.17. The SMILES string of the molecule is CC(=O)c1ccc(OCC(=O)NNC(=O)COc2cccc(C(F)(F)F)c2)cc1. The van der Waals surface area contributed by atoms with E-state index in [1.54, 1.807) is 12.1 Å². The molecule has 2 aromatic rings. The fourth-order valence-corrected chi connectivity index (χ4v) is 2.06. The van der Waals surface area contributed by atoms with E-state index in [-0.39, 0.29) is 11.5 Å². The van der Waals surface area contributed by atoms with Gasteiger partial charge < -0.3 is 9.47 Å². The van der Waals surface area contributed by atoms with Crippen LogP contribution in [-0.4, -0.2) is 30.8 Å². The number of amides is 2. The molecule has 0 bridgehead atoms. The molecular weight excluding hydrogens is 393 g/mol. The Morgan fingerprint density at radius 3 is 1.93 bits per heavy atom. The standard InChI is InChI=1S/C19H17F3N2O5/c1-12(25)13-5-7-15(8-6-13)28-10-17(26)23-24-18(27)11-29-16-4-2-3-14(9-16)19(20,21)22/h2-9H,10-11H2,1H3,(H,23,26)(H,24,27). The molecule has 0 aliphatic heterocycles. The number of ether oxygens (including phenoxy) is 2. The number of hydrazine groups is 1. The van der Waals surface area contributed by atoms with Gasteiger partial charge in [-0.15, -0.1) is 0 Å². The van der Waals surface area contributed by atoms with Gasteiger partial charge in [0.2, 0.25) is 0 Å². The van der Waals surface area contributed by atoms with Gasteiger partial charge in [-0.3, -0.25) is 25.2 Å². The Balaban J connectivity index is 1.72. The van der Waals surface area contributed by atoms with Crippen LogP contribution < -0.4 is 20.3 Å². The molecule has 0 aliphatic carbocycles. The van der Waals surface area contributed by atoms with Crippen LogP contribution in [0.2, 0.25) is 0 Å². The third-order valence-corrected chi connectivity index (χ3v) is 3.50. The molecule has 7 nitrogen and oxygen atoms in total. The van der Waals surface area contributed by atoms with Crippen LogP contribution in [0.5, 0.6) is 11.5 Å². The van der Waals surface area contributed by atoms with Crippen molar-refractivity contribution in [1.29, 1.82) is 0 Å². The molecule has 0 aliphatic rings. The monoisotopic (exact) mass is 410 g/mol. The van der Waals surface area contributed by atoms with Crippen molar-refractivity contribution >= 4 is 17.6 Å². The maximum Gasteiger partial charge on any atom is 0.416 e. The van der Waals surface area contributed by atoms with Gasteiger partial charge in [-0.1, -0.05) is 6.07 Å². The zero-order chi connectivity index (χ0) is 21.4. The van der Waals surface area contributed by atoms with E-state index in [9.17, 15) is 27.6 Å². The highest BCUT2D eigenvalue weighted by molar-refractivity contribution is 5.94. The maximum atomic E-state index is 12.6. The number of hydrogen-bond donors (Lipinski definition) is 2. The van der Waals surface area contributed by atoms with Crippen molar-refractivity contribution < 1.29 is 37.0 Å². The van der Waals surface area contributed by atoms with Crippen molar-refractivity contribution in [1.82, 2.24) is 10.9 Å². The Morgan fingerprint density at radius 2 is 1.41 bits per heavy atom. The number of nitrogens with one attached hydrogen (secondary N) is 2. The lowest BCUT2D eigenvalue weighted by atomic mass is 10.1. The summed E-state index contributed by atoms with van der Waals surface area (Å²) in [5.41, 5.74) is 3.71. The molecule has 2 rings (SSSR count). The lowest BCUT2D eigenvalue weighted by Crippen LogP contribution is -2.45. The van der Waals surface area contributed by atoms with Crippen molar-refractivity contribution in [2.45, 2.75) is 13.1 Å². The molecule has 0 saturated heterocycles. The highest BCUT2D eigenvalue weighted by atomic mass is 19.4. The van der Waals surface area contributed by atoms with E-state index in [1.807, 2.05) is 5.43 Å². The minimum atomic E-state index is -4.53. The molecule has 0 unspecified atom stereocenters. The van der Waals surface area contributed by atoms with Crippen LogP contribution in [0.3, 0.4) is 0 Å². The molecule has 2 N–H and O–H groups in total. The first-order valence-electron chi connectivity index (χ1n) is 8.26. The number of ketones is 1. The molecule has 154 valence electrons. The molecule has 0 saturated carbocycles. The predicted molar refractivity (Wildman–Crippen MR) is 95.2 cm³/mol. The first-order valence-corrected chi connectivity index (χ1v) is 8.26. The van der Waals surface area contributed by atoms with Crippen LogP contribution in [0.25, 0.3) is 0 Å². The second-order valence-corrected chi connectivity index (χ2v) is 5.78. The fourth-order valence-electron chi connectivity index (χ4n) is 2.06. The van der Waals surface area contributed by atoms with E-state index >= 15 is 0 Å². The summed E-state index contributed by atoms with van der Waals surface area (Å²) in [6, 6.07) is 10.2. The quantitative estimate of drug-likeness (QED) is 0.541. The Labute approximate surface area is 163 Å². The molecule has 10 heteroatoms. The second kappa shape index (κ2) is 9.58. The van der Waals surface area contributed by atoms with Crippen LogP contribution in [0.4, 0.5) is 13.2 Å². The number of rotatable bonds is 7. The van der Waals surface area contributed by atoms with E-state index in [0.717, 1.165) is 18.2 Å². The van der Waals surface area contributed by atoms with Gasteiger partial charge in [-0.25, -0.2) is 0 Å². The van der Waals surface area contributed by atoms with Gasteiger partial charge in [0.05, 0.1) is 5.56 Å². The number of benzene rings is 2. The lowest BCUT2D eigenvalue weighted by molar-refractivity contribution is -0.137. The largest absolute Gasteiger partial charge is 0.484 e. The molecule has 2 amide bonds. The fraction of sp³-hybridized carbons (Fsp3) is 0.211. The summed E-state index contributed by atoms with van der Waals surface area (Å²) in [6.07, 6.45) is -4.53. The molecule has 0 spiro atoms. The topological polar surface area (TPSA) is 93.7 Å². The molecular formula is C19H17F3N2O5. The Bertz CT molecular complexity index is 882. The number of hydrogen-bond acceptors (Lipinski definition) is 5. The normalized spacial score (nSPS) is 10.8. The van der Waals surface area contributed by atoms with E-state index in [1.165, 1.54) is 25.1 Å². The van der Waals surface area contributed by atoms with Crippen LogP contribution in [0.15, 0.2) is 48.5 Å². The molecule has 0 aromatic heterocycles. The van der Waals surface area contributed by atoms with Gasteiger partial charge in [-0.2, -0.15) is 13.2 Å². The molecule has 29 heavy (non-hydrogen) atoms. The molecule has 0 heterocycles. The van der Waals surface area contributed by atoms with Crippen LogP contribution in [-0.2, 0) is 15.8 Å². The van der Waals surface area contributed by atoms with E-state index in [4.69, 9.17) is 9.47 Å². The average Bonchev–Trinajstić information content (AvgIpc) is 2.69. The van der Waals surface area contributed by atoms with Gasteiger partial charge in [0.1, 0.15) is 11.5 Å². The Morgan fingerprint density at radius 1 is 0.862 bits per heavy atom. The van der Waals surface area contributed by atoms with Crippen molar-refractivity contribution in [3.05, 3.63) is 59.7 Å². The minimum Gasteiger partial charge on any atom is -0.484 e. The van der Waals surface area contributed by atoms with Gasteiger partial charge >= 0.3 is 6.18 Å². The summed E-state index contributed by atoms with van der Waals surface area (Å²) in [5.74, 6) is -1.35. The number of carbonyl (C=O) groups excluding carboxylic acids is 3. The Kier molecular flexibility index (Phi) is 7.18. The van der Waals surface area contributed by atoms with Crippen molar-refractivity contribution in [2.24, 2.45) is 0 Å². The van der Waals surface area contributed by atoms with Crippen molar-refractivity contribution in [3.63, 3.8) is 0 Å². The summed E-state index contributed by atoms with van der Waals surface area (Å²) in [5, 5.41) is 0. The maximum absolute atomic E-state index is 12.6. The van der Waals surface area contributed by atoms with Crippen molar-refractivity contribution in [2.75, 3.05) is 13.2 Å². The summed E-state index contributed by atoms with van der Waals surface area (Å²) in [4.78, 5) is 34.5. The van der Waals surface area contributed by atoms with Crippen LogP contribution in [0, 0.1) is 0 Å². The van der Waals surface area contributed by atoms with E-state index in [0.29, 0.717) is 11.3 Å². The van der Waals surface area contributed by atoms with Crippen molar-refractivity contribution in [3.8, 4) is 11.5 Å². The summed E-state index contributed by atoms with van der Waals surface area (Å²) in [6.45, 7) is 0.409. The summed E-state index contributed by atoms with van der Waals surface area (Å²) >= 11 is 0. The van der Waals surface area contributed by atoms with Crippen LogP contribution in [0.1, 0.15) is 22.8 Å². The number of carbonyl (C=O) groups is 3. The number of alkyl halides is 3. The minimum absolute atomic E-state index is 0.107. The highest BCUT2D eigenvalue weighted by Gasteiger charge is 2.30. The van der Waals surface area contributed by atoms with Gasteiger partial charge in [0, 0.05) is 5.56 Å². The first-order chi connectivity index (χ1) is 13.6. The van der Waals surface area contributed by atoms with E-state index < -0.39 is 36.8 Å². The molecule has 0 radical (unpaired) electrons. The summed E-state index contributed by atoms with van der Waals surface area (Å²) in [7, 11) is 0. The second-order valence-electron chi connectivity index (χ2n) is 5.78. The lowest BCUT2D eigenvalue weighted by Gasteiger charge is -2.11. The summed E-state index contributed by atoms with van der Waals surface area (Å²) < 4.78 is 48.0. The Hall–Kier alpha value is -3.56. The molecule has 0 atom stereocenters. The highest BCUT2D eigenvalue weighted by Crippen LogP contribution is 2.31. The first kappa shape index (κ1) is 21.7. The molecule has 2 aromatic carbocycles. The van der Waals surface area contributed by atoms with Gasteiger partial charge in [0.15, 0.2) is 19.0 Å². The van der Waals surface area contributed by atoms with Crippen LogP contribution >= 0.6 is 0 Å². The van der Waals surface area contributed by atoms with E-state index in [2.05, 4.69) is 5.43 Å². The molecule has 0 fully saturated rings. The third-order valence-electron chi connectivity index (χ3n) is 3.50. The zero-order valence-electron chi connectivity index (χ0n) is 15.2. The van der Waals surface area contributed by atoms with Gasteiger partial charge in [-0.05, 0) is 49.4 Å². The average molecular weight is 410 g/mol. The van der Waals surface area contributed by atoms with Gasteiger partial charge in [0.25, 0.3) is 11.8 Å².